The maximum absolute atomic E-state index is 11.6. The molecule has 0 atom stereocenters. The zero-order chi connectivity index (χ0) is 13.3. The molecule has 0 heterocycles. The highest BCUT2D eigenvalue weighted by Crippen LogP contribution is 2.50. The van der Waals surface area contributed by atoms with Crippen molar-refractivity contribution in [1.29, 1.82) is 0 Å². The van der Waals surface area contributed by atoms with Gasteiger partial charge in [-0.1, -0.05) is 18.6 Å². The lowest BCUT2D eigenvalue weighted by Crippen LogP contribution is -2.42. The summed E-state index contributed by atoms with van der Waals surface area (Å²) in [6, 6.07) is 3.74. The van der Waals surface area contributed by atoms with E-state index in [1.165, 1.54) is 0 Å². The lowest BCUT2D eigenvalue weighted by Gasteiger charge is -2.39. The number of aliphatic carboxylic acids is 1. The number of carboxylic acid groups (broad SMARTS) is 1. The molecule has 0 unspecified atom stereocenters. The van der Waals surface area contributed by atoms with Crippen LogP contribution in [0.15, 0.2) is 12.1 Å². The van der Waals surface area contributed by atoms with Crippen molar-refractivity contribution in [2.45, 2.75) is 31.6 Å². The minimum atomic E-state index is -0.799. The zero-order valence-electron chi connectivity index (χ0n) is 10.9. The molecule has 4 heteroatoms. The van der Waals surface area contributed by atoms with Crippen molar-refractivity contribution >= 4 is 5.97 Å². The van der Waals surface area contributed by atoms with Gasteiger partial charge in [0.05, 0.1) is 19.6 Å². The van der Waals surface area contributed by atoms with E-state index in [0.717, 1.165) is 17.5 Å². The molecule has 1 N–H and O–H groups in total. The summed E-state index contributed by atoms with van der Waals surface area (Å²) in [6.45, 7) is 1.92. The Morgan fingerprint density at radius 3 is 2.22 bits per heavy atom. The Bertz CT molecular complexity index is 475. The van der Waals surface area contributed by atoms with E-state index in [0.29, 0.717) is 24.3 Å². The molecule has 0 bridgehead atoms. The van der Waals surface area contributed by atoms with Gasteiger partial charge >= 0.3 is 5.97 Å². The predicted molar refractivity (Wildman–Crippen MR) is 67.4 cm³/mol. The second kappa shape index (κ2) is 4.52. The van der Waals surface area contributed by atoms with Gasteiger partial charge in [-0.15, -0.1) is 0 Å². The first-order valence-corrected chi connectivity index (χ1v) is 6.02. The summed E-state index contributed by atoms with van der Waals surface area (Å²) in [6.07, 6.45) is 2.25. The van der Waals surface area contributed by atoms with Crippen LogP contribution >= 0.6 is 0 Å². The third-order valence-corrected chi connectivity index (χ3v) is 3.85. The minimum Gasteiger partial charge on any atom is -0.493 e. The molecule has 0 radical (unpaired) electrons. The van der Waals surface area contributed by atoms with Crippen LogP contribution in [0.25, 0.3) is 0 Å². The molecule has 0 spiro atoms. The lowest BCUT2D eigenvalue weighted by molar-refractivity contribution is -0.147. The maximum atomic E-state index is 11.6. The van der Waals surface area contributed by atoms with Crippen molar-refractivity contribution < 1.29 is 19.4 Å². The van der Waals surface area contributed by atoms with Crippen LogP contribution in [0.1, 0.15) is 30.4 Å². The molecule has 1 aliphatic rings. The van der Waals surface area contributed by atoms with Crippen molar-refractivity contribution in [3.63, 3.8) is 0 Å². The Labute approximate surface area is 107 Å². The summed E-state index contributed by atoms with van der Waals surface area (Å²) in [4.78, 5) is 11.6. The fraction of sp³-hybridized carbons (Fsp3) is 0.500. The first kappa shape index (κ1) is 12.7. The Balaban J connectivity index is 2.61. The summed E-state index contributed by atoms with van der Waals surface area (Å²) in [5.74, 6) is 0.403. The minimum absolute atomic E-state index is 0.555. The van der Waals surface area contributed by atoms with Crippen LogP contribution in [0.4, 0.5) is 0 Å². The molecule has 0 saturated heterocycles. The van der Waals surface area contributed by atoms with Crippen LogP contribution in [-0.4, -0.2) is 25.3 Å². The van der Waals surface area contributed by atoms with Crippen LogP contribution in [0.3, 0.4) is 0 Å². The molecular formula is C14H18O4. The number of aryl methyl sites for hydroxylation is 1. The van der Waals surface area contributed by atoms with Gasteiger partial charge in [0.1, 0.15) is 0 Å². The first-order valence-electron chi connectivity index (χ1n) is 6.02. The molecule has 1 aromatic rings. The maximum Gasteiger partial charge on any atom is 0.314 e. The Morgan fingerprint density at radius 2 is 1.83 bits per heavy atom. The van der Waals surface area contributed by atoms with Crippen LogP contribution in [0, 0.1) is 6.92 Å². The molecule has 0 aromatic heterocycles. The smallest absolute Gasteiger partial charge is 0.314 e. The molecule has 1 saturated carbocycles. The number of hydrogen-bond donors (Lipinski definition) is 1. The third kappa shape index (κ3) is 1.64. The highest BCUT2D eigenvalue weighted by Gasteiger charge is 2.48. The van der Waals surface area contributed by atoms with Crippen molar-refractivity contribution in [3.8, 4) is 11.5 Å². The van der Waals surface area contributed by atoms with Crippen LogP contribution in [-0.2, 0) is 10.2 Å². The van der Waals surface area contributed by atoms with Crippen LogP contribution in [0.2, 0.25) is 0 Å². The summed E-state index contributed by atoms with van der Waals surface area (Å²) < 4.78 is 10.7. The van der Waals surface area contributed by atoms with E-state index in [9.17, 15) is 9.90 Å². The average molecular weight is 250 g/mol. The van der Waals surface area contributed by atoms with E-state index in [4.69, 9.17) is 9.47 Å². The number of methoxy groups -OCH3 is 2. The van der Waals surface area contributed by atoms with E-state index < -0.39 is 11.4 Å². The van der Waals surface area contributed by atoms with Crippen molar-refractivity contribution in [1.82, 2.24) is 0 Å². The molecule has 1 aromatic carbocycles. The Morgan fingerprint density at radius 1 is 1.22 bits per heavy atom. The van der Waals surface area contributed by atoms with Gasteiger partial charge in [0, 0.05) is 5.56 Å². The number of ether oxygens (including phenoxy) is 2. The SMILES string of the molecule is COc1c(C)ccc(C2(C(=O)O)CCC2)c1OC. The first-order chi connectivity index (χ1) is 8.56. The number of hydrogen-bond acceptors (Lipinski definition) is 3. The van der Waals surface area contributed by atoms with Crippen LogP contribution in [0.5, 0.6) is 11.5 Å². The molecule has 1 aliphatic carbocycles. The van der Waals surface area contributed by atoms with Crippen LogP contribution < -0.4 is 9.47 Å². The van der Waals surface area contributed by atoms with E-state index in [1.807, 2.05) is 19.1 Å². The molecule has 0 aliphatic heterocycles. The van der Waals surface area contributed by atoms with Crippen molar-refractivity contribution in [2.75, 3.05) is 14.2 Å². The molecule has 2 rings (SSSR count). The Kier molecular flexibility index (Phi) is 3.20. The van der Waals surface area contributed by atoms with Crippen molar-refractivity contribution in [3.05, 3.63) is 23.3 Å². The Hall–Kier alpha value is -1.71. The van der Waals surface area contributed by atoms with Gasteiger partial charge in [0.15, 0.2) is 11.5 Å². The predicted octanol–water partition coefficient (Wildman–Crippen LogP) is 2.52. The average Bonchev–Trinajstić information content (AvgIpc) is 2.28. The normalized spacial score (nSPS) is 16.8. The zero-order valence-corrected chi connectivity index (χ0v) is 10.9. The van der Waals surface area contributed by atoms with Gasteiger partial charge < -0.3 is 14.6 Å². The highest BCUT2D eigenvalue weighted by molar-refractivity contribution is 5.84. The van der Waals surface area contributed by atoms with E-state index >= 15 is 0 Å². The highest BCUT2D eigenvalue weighted by atomic mass is 16.5. The number of carbonyl (C=O) groups is 1. The number of rotatable bonds is 4. The summed E-state index contributed by atoms with van der Waals surface area (Å²) in [5.41, 5.74) is 0.871. The summed E-state index contributed by atoms with van der Waals surface area (Å²) in [7, 11) is 3.12. The van der Waals surface area contributed by atoms with Gasteiger partial charge in [0.25, 0.3) is 0 Å². The topological polar surface area (TPSA) is 55.8 Å². The van der Waals surface area contributed by atoms with Gasteiger partial charge in [-0.2, -0.15) is 0 Å². The van der Waals surface area contributed by atoms with Gasteiger partial charge in [0.2, 0.25) is 0 Å². The molecular weight excluding hydrogens is 232 g/mol. The van der Waals surface area contributed by atoms with Crippen molar-refractivity contribution in [2.24, 2.45) is 0 Å². The number of carboxylic acids is 1. The molecule has 18 heavy (non-hydrogen) atoms. The van der Waals surface area contributed by atoms with E-state index in [-0.39, 0.29) is 0 Å². The monoisotopic (exact) mass is 250 g/mol. The molecule has 1 fully saturated rings. The van der Waals surface area contributed by atoms with Gasteiger partial charge in [-0.05, 0) is 25.3 Å². The quantitative estimate of drug-likeness (QED) is 0.892. The fourth-order valence-corrected chi connectivity index (χ4v) is 2.62. The second-order valence-corrected chi connectivity index (χ2v) is 4.74. The summed E-state index contributed by atoms with van der Waals surface area (Å²) >= 11 is 0. The molecule has 98 valence electrons. The standard InChI is InChI=1S/C14H18O4/c1-9-5-6-10(12(18-3)11(9)17-2)14(13(15)16)7-4-8-14/h5-6H,4,7-8H2,1-3H3,(H,15,16). The van der Waals surface area contributed by atoms with E-state index in [2.05, 4.69) is 0 Å². The lowest BCUT2D eigenvalue weighted by atomic mass is 9.64. The summed E-state index contributed by atoms with van der Waals surface area (Å²) in [5, 5.41) is 9.49. The largest absolute Gasteiger partial charge is 0.493 e. The molecule has 0 amide bonds. The van der Waals surface area contributed by atoms with Gasteiger partial charge in [-0.3, -0.25) is 4.79 Å². The van der Waals surface area contributed by atoms with Gasteiger partial charge in [-0.25, -0.2) is 0 Å². The van der Waals surface area contributed by atoms with E-state index in [1.54, 1.807) is 14.2 Å². The number of benzene rings is 1. The second-order valence-electron chi connectivity index (χ2n) is 4.74. The third-order valence-electron chi connectivity index (χ3n) is 3.85. The molecule has 4 nitrogen and oxygen atoms in total. The fourth-order valence-electron chi connectivity index (χ4n) is 2.62.